The van der Waals surface area contributed by atoms with Crippen LogP contribution in [0.15, 0.2) is 0 Å². The van der Waals surface area contributed by atoms with Crippen molar-refractivity contribution in [1.82, 2.24) is 20.0 Å². The maximum absolute atomic E-state index is 6.02. The van der Waals surface area contributed by atoms with Crippen molar-refractivity contribution in [2.24, 2.45) is 0 Å². The number of aromatic nitrogens is 4. The van der Waals surface area contributed by atoms with Crippen molar-refractivity contribution in [1.29, 1.82) is 0 Å². The molecule has 3 N–H and O–H groups in total. The minimum absolute atomic E-state index is 0.579. The highest BCUT2D eigenvalue weighted by molar-refractivity contribution is 5.89. The number of nitrogens with two attached hydrogens (primary N) is 1. The van der Waals surface area contributed by atoms with Crippen molar-refractivity contribution in [2.75, 3.05) is 5.73 Å². The van der Waals surface area contributed by atoms with Gasteiger partial charge >= 0.3 is 0 Å². The molecule has 2 aromatic rings. The molecule has 1 aliphatic rings. The zero-order chi connectivity index (χ0) is 12.5. The van der Waals surface area contributed by atoms with Crippen LogP contribution in [0.1, 0.15) is 57.1 Å². The smallest absolute Gasteiger partial charge is 0.182 e. The third-order valence-corrected chi connectivity index (χ3v) is 3.97. The number of hydrogen-bond donors (Lipinski definition) is 2. The van der Waals surface area contributed by atoms with E-state index in [1.54, 1.807) is 0 Å². The molecule has 1 saturated carbocycles. The Bertz CT molecular complexity index is 533. The molecule has 2 aromatic heterocycles. The van der Waals surface area contributed by atoms with Crippen molar-refractivity contribution in [2.45, 2.75) is 57.9 Å². The number of aromatic amines is 1. The van der Waals surface area contributed by atoms with E-state index in [1.807, 2.05) is 4.68 Å². The number of H-pyrrole nitrogens is 1. The van der Waals surface area contributed by atoms with E-state index >= 15 is 0 Å². The Morgan fingerprint density at radius 2 is 2.17 bits per heavy atom. The summed E-state index contributed by atoms with van der Waals surface area (Å²) in [6.45, 7) is 3.13. The maximum Gasteiger partial charge on any atom is 0.182 e. The molecule has 0 bridgehead atoms. The number of anilines is 1. The number of rotatable bonds is 4. The van der Waals surface area contributed by atoms with Gasteiger partial charge in [0.25, 0.3) is 0 Å². The first-order valence-corrected chi connectivity index (χ1v) is 7.01. The van der Waals surface area contributed by atoms with Crippen molar-refractivity contribution in [3.63, 3.8) is 0 Å². The molecule has 5 nitrogen and oxygen atoms in total. The number of aryl methyl sites for hydroxylation is 1. The molecule has 0 aliphatic heterocycles. The molecule has 3 rings (SSSR count). The van der Waals surface area contributed by atoms with Gasteiger partial charge in [-0.05, 0) is 19.3 Å². The van der Waals surface area contributed by atoms with Crippen LogP contribution >= 0.6 is 0 Å². The van der Waals surface area contributed by atoms with Crippen LogP contribution in [-0.4, -0.2) is 20.0 Å². The van der Waals surface area contributed by atoms with Gasteiger partial charge in [-0.2, -0.15) is 10.2 Å². The second kappa shape index (κ2) is 4.63. The number of unbranched alkanes of at least 4 members (excludes halogenated alkanes) is 1. The Balaban J connectivity index is 2.03. The lowest BCUT2D eigenvalue weighted by molar-refractivity contribution is 0.562. The van der Waals surface area contributed by atoms with E-state index in [2.05, 4.69) is 17.1 Å². The highest BCUT2D eigenvalue weighted by atomic mass is 15.3. The first-order valence-electron chi connectivity index (χ1n) is 7.01. The average molecular weight is 247 g/mol. The topological polar surface area (TPSA) is 72.5 Å². The molecule has 98 valence electrons. The van der Waals surface area contributed by atoms with E-state index in [0.717, 1.165) is 24.0 Å². The van der Waals surface area contributed by atoms with Gasteiger partial charge in [0.15, 0.2) is 5.65 Å². The Labute approximate surface area is 107 Å². The van der Waals surface area contributed by atoms with Gasteiger partial charge in [0.1, 0.15) is 5.82 Å². The summed E-state index contributed by atoms with van der Waals surface area (Å²) < 4.78 is 2.03. The molecule has 0 spiro atoms. The second-order valence-corrected chi connectivity index (χ2v) is 5.28. The quantitative estimate of drug-likeness (QED) is 0.872. The van der Waals surface area contributed by atoms with E-state index < -0.39 is 0 Å². The van der Waals surface area contributed by atoms with Crippen LogP contribution in [0.2, 0.25) is 0 Å². The minimum Gasteiger partial charge on any atom is -0.383 e. The van der Waals surface area contributed by atoms with Crippen LogP contribution in [-0.2, 0) is 6.54 Å². The van der Waals surface area contributed by atoms with Gasteiger partial charge in [-0.3, -0.25) is 5.10 Å². The maximum atomic E-state index is 6.02. The van der Waals surface area contributed by atoms with Gasteiger partial charge in [-0.1, -0.05) is 26.2 Å². The number of nitrogen functional groups attached to an aromatic ring is 1. The Hall–Kier alpha value is -1.52. The SMILES string of the molecule is CCCCn1nc(C2CCCC2)c2c(N)[nH]nc21. The van der Waals surface area contributed by atoms with E-state index in [4.69, 9.17) is 10.8 Å². The highest BCUT2D eigenvalue weighted by Crippen LogP contribution is 2.38. The first kappa shape index (κ1) is 11.6. The number of hydrogen-bond acceptors (Lipinski definition) is 3. The third kappa shape index (κ3) is 1.78. The van der Waals surface area contributed by atoms with Gasteiger partial charge in [0.2, 0.25) is 0 Å². The van der Waals surface area contributed by atoms with Crippen LogP contribution in [0.4, 0.5) is 5.82 Å². The summed E-state index contributed by atoms with van der Waals surface area (Å²) in [5.74, 6) is 1.25. The van der Waals surface area contributed by atoms with Crippen molar-refractivity contribution >= 4 is 16.9 Å². The van der Waals surface area contributed by atoms with E-state index in [9.17, 15) is 0 Å². The molecule has 0 radical (unpaired) electrons. The van der Waals surface area contributed by atoms with E-state index in [0.29, 0.717) is 11.7 Å². The Morgan fingerprint density at radius 3 is 2.89 bits per heavy atom. The van der Waals surface area contributed by atoms with Gasteiger partial charge in [0.05, 0.1) is 11.1 Å². The predicted octanol–water partition coefficient (Wildman–Crippen LogP) is 2.80. The second-order valence-electron chi connectivity index (χ2n) is 5.28. The molecule has 0 unspecified atom stereocenters. The molecule has 5 heteroatoms. The van der Waals surface area contributed by atoms with Crippen molar-refractivity contribution in [3.8, 4) is 0 Å². The summed E-state index contributed by atoms with van der Waals surface area (Å²) in [6.07, 6.45) is 7.40. The monoisotopic (exact) mass is 247 g/mol. The Morgan fingerprint density at radius 1 is 1.39 bits per heavy atom. The molecule has 1 fully saturated rings. The molecule has 2 heterocycles. The number of nitrogens with zero attached hydrogens (tertiary/aromatic N) is 3. The van der Waals surface area contributed by atoms with Crippen molar-refractivity contribution < 1.29 is 0 Å². The molecular weight excluding hydrogens is 226 g/mol. The summed E-state index contributed by atoms with van der Waals surface area (Å²) in [4.78, 5) is 0. The predicted molar refractivity (Wildman–Crippen MR) is 72.4 cm³/mol. The third-order valence-electron chi connectivity index (χ3n) is 3.97. The first-order chi connectivity index (χ1) is 8.81. The van der Waals surface area contributed by atoms with Crippen LogP contribution in [0.3, 0.4) is 0 Å². The van der Waals surface area contributed by atoms with Gasteiger partial charge in [-0.25, -0.2) is 4.68 Å². The molecular formula is C13H21N5. The summed E-state index contributed by atoms with van der Waals surface area (Å²) in [5, 5.41) is 13.1. The molecule has 0 saturated heterocycles. The van der Waals surface area contributed by atoms with Crippen LogP contribution in [0, 0.1) is 0 Å². The van der Waals surface area contributed by atoms with Crippen LogP contribution in [0.25, 0.3) is 11.0 Å². The Kier molecular flexibility index (Phi) is 2.97. The zero-order valence-electron chi connectivity index (χ0n) is 10.9. The van der Waals surface area contributed by atoms with E-state index in [1.165, 1.54) is 37.8 Å². The van der Waals surface area contributed by atoms with Gasteiger partial charge in [0, 0.05) is 12.5 Å². The molecule has 18 heavy (non-hydrogen) atoms. The summed E-state index contributed by atoms with van der Waals surface area (Å²) >= 11 is 0. The molecule has 1 aliphatic carbocycles. The average Bonchev–Trinajstić information content (AvgIpc) is 3.05. The minimum atomic E-state index is 0.579. The normalized spacial score (nSPS) is 16.9. The highest BCUT2D eigenvalue weighted by Gasteiger charge is 2.25. The molecule has 0 amide bonds. The largest absolute Gasteiger partial charge is 0.383 e. The standard InChI is InChI=1S/C13H21N5/c1-2-3-8-18-13-10(12(14)15-16-13)11(17-18)9-6-4-5-7-9/h9H,2-8H2,1H3,(H3,14,15,16). The number of nitrogens with one attached hydrogen (secondary N) is 1. The zero-order valence-corrected chi connectivity index (χ0v) is 10.9. The van der Waals surface area contributed by atoms with Gasteiger partial charge < -0.3 is 5.73 Å². The van der Waals surface area contributed by atoms with Crippen molar-refractivity contribution in [3.05, 3.63) is 5.69 Å². The van der Waals surface area contributed by atoms with Crippen LogP contribution < -0.4 is 5.73 Å². The molecule has 0 aromatic carbocycles. The molecule has 0 atom stereocenters. The summed E-state index contributed by atoms with van der Waals surface area (Å²) in [7, 11) is 0. The number of fused-ring (bicyclic) bond motifs is 1. The lowest BCUT2D eigenvalue weighted by Crippen LogP contribution is -2.03. The fourth-order valence-electron chi connectivity index (χ4n) is 2.96. The van der Waals surface area contributed by atoms with Crippen LogP contribution in [0.5, 0.6) is 0 Å². The lowest BCUT2D eigenvalue weighted by atomic mass is 10.0. The lowest BCUT2D eigenvalue weighted by Gasteiger charge is -2.05. The van der Waals surface area contributed by atoms with E-state index in [-0.39, 0.29) is 0 Å². The van der Waals surface area contributed by atoms with Gasteiger partial charge in [-0.15, -0.1) is 0 Å². The summed E-state index contributed by atoms with van der Waals surface area (Å²) in [5.41, 5.74) is 8.12. The fraction of sp³-hybridized carbons (Fsp3) is 0.692. The summed E-state index contributed by atoms with van der Waals surface area (Å²) in [6, 6.07) is 0. The fourth-order valence-corrected chi connectivity index (χ4v) is 2.96.